The molecule has 0 fully saturated rings. The van der Waals surface area contributed by atoms with Crippen molar-refractivity contribution in [2.45, 2.75) is 225 Å². The quantitative estimate of drug-likeness (QED) is 0.0235. The molecule has 0 spiro atoms. The largest absolute Gasteiger partial charge is 0.472 e. The van der Waals surface area contributed by atoms with Gasteiger partial charge in [0.05, 0.1) is 19.8 Å². The molecule has 2 unspecified atom stereocenters. The van der Waals surface area contributed by atoms with E-state index in [0.717, 1.165) is 32.1 Å². The van der Waals surface area contributed by atoms with Crippen molar-refractivity contribution < 1.29 is 47.8 Å². The molecule has 0 aromatic heterocycles. The van der Waals surface area contributed by atoms with Crippen LogP contribution >= 0.6 is 7.82 Å². The van der Waals surface area contributed by atoms with Gasteiger partial charge in [0, 0.05) is 12.8 Å². The molecule has 0 amide bonds. The molecule has 0 aliphatic rings. The molecule has 3 atom stereocenters. The second kappa shape index (κ2) is 41.6. The van der Waals surface area contributed by atoms with E-state index in [1.807, 2.05) is 12.2 Å². The fourth-order valence-corrected chi connectivity index (χ4v) is 7.13. The number of esters is 2. The zero-order valence-corrected chi connectivity index (χ0v) is 36.8. The highest BCUT2D eigenvalue weighted by molar-refractivity contribution is 7.47. The lowest BCUT2D eigenvalue weighted by Gasteiger charge is -2.20. The van der Waals surface area contributed by atoms with E-state index < -0.39 is 51.8 Å². The monoisotopic (exact) mass is 817 g/mol. The van der Waals surface area contributed by atoms with Crippen molar-refractivity contribution in [2.24, 2.45) is 0 Å². The summed E-state index contributed by atoms with van der Waals surface area (Å²) >= 11 is 0. The van der Waals surface area contributed by atoms with Crippen molar-refractivity contribution in [3.63, 3.8) is 0 Å². The smallest absolute Gasteiger partial charge is 0.462 e. The summed E-state index contributed by atoms with van der Waals surface area (Å²) in [5.41, 5.74) is 0. The number of hydrogen-bond donors (Lipinski definition) is 3. The van der Waals surface area contributed by atoms with Crippen LogP contribution in [0.2, 0.25) is 0 Å². The first-order valence-corrected chi connectivity index (χ1v) is 24.3. The van der Waals surface area contributed by atoms with E-state index in [4.69, 9.17) is 19.1 Å². The summed E-state index contributed by atoms with van der Waals surface area (Å²) in [6.07, 6.45) is 41.7. The summed E-state index contributed by atoms with van der Waals surface area (Å²) in [6.45, 7) is 2.33. The normalized spacial score (nSPS) is 14.0. The second-order valence-corrected chi connectivity index (χ2v) is 16.9. The molecular weight excluding hydrogens is 731 g/mol. The van der Waals surface area contributed by atoms with Crippen LogP contribution in [0.1, 0.15) is 213 Å². The highest BCUT2D eigenvalue weighted by Gasteiger charge is 2.27. The van der Waals surface area contributed by atoms with Crippen LogP contribution in [0.4, 0.5) is 0 Å². The number of allylic oxidation sites excluding steroid dienone is 4. The summed E-state index contributed by atoms with van der Waals surface area (Å²) < 4.78 is 32.6. The van der Waals surface area contributed by atoms with Gasteiger partial charge >= 0.3 is 19.8 Å². The molecule has 0 heterocycles. The number of aliphatic hydroxyl groups is 2. The summed E-state index contributed by atoms with van der Waals surface area (Å²) in [4.78, 5) is 34.9. The molecule has 3 N–H and O–H groups in total. The number of carbonyl (C=O) groups excluding carboxylic acids is 2. The van der Waals surface area contributed by atoms with Crippen LogP contribution in [-0.4, -0.2) is 65.7 Å². The third kappa shape index (κ3) is 40.6. The number of aliphatic hydroxyl groups excluding tert-OH is 2. The Bertz CT molecular complexity index is 988. The Morgan fingerprint density at radius 2 is 0.964 bits per heavy atom. The molecule has 10 nitrogen and oxygen atoms in total. The lowest BCUT2D eigenvalue weighted by atomic mass is 10.0. The topological polar surface area (TPSA) is 149 Å². The van der Waals surface area contributed by atoms with Gasteiger partial charge in [-0.05, 0) is 32.1 Å². The van der Waals surface area contributed by atoms with E-state index in [9.17, 15) is 24.2 Å². The minimum Gasteiger partial charge on any atom is -0.462 e. The lowest BCUT2D eigenvalue weighted by molar-refractivity contribution is -0.161. The zero-order valence-electron chi connectivity index (χ0n) is 35.9. The maximum atomic E-state index is 12.6. The first kappa shape index (κ1) is 54.5. The van der Waals surface area contributed by atoms with Gasteiger partial charge in [0.2, 0.25) is 0 Å². The van der Waals surface area contributed by atoms with Gasteiger partial charge in [-0.25, -0.2) is 4.57 Å². The Labute approximate surface area is 342 Å². The highest BCUT2D eigenvalue weighted by Crippen LogP contribution is 2.43. The Morgan fingerprint density at radius 3 is 1.45 bits per heavy atom. The van der Waals surface area contributed by atoms with Crippen LogP contribution in [0.3, 0.4) is 0 Å². The maximum Gasteiger partial charge on any atom is 0.472 e. The first-order valence-electron chi connectivity index (χ1n) is 22.8. The third-order valence-electron chi connectivity index (χ3n) is 9.87. The fraction of sp³-hybridized carbons (Fsp3) is 0.867. The number of phosphoric acid groups is 1. The molecular formula is C45H85O10P. The number of carbonyl (C=O) groups is 2. The van der Waals surface area contributed by atoms with Gasteiger partial charge < -0.3 is 24.6 Å². The molecule has 0 saturated carbocycles. The average molecular weight is 817 g/mol. The Morgan fingerprint density at radius 1 is 0.536 bits per heavy atom. The van der Waals surface area contributed by atoms with Gasteiger partial charge in [-0.15, -0.1) is 0 Å². The summed E-state index contributed by atoms with van der Waals surface area (Å²) in [6, 6.07) is 0. The Hall–Kier alpha value is -1.55. The van der Waals surface area contributed by atoms with Crippen LogP contribution in [0.5, 0.6) is 0 Å². The van der Waals surface area contributed by atoms with Crippen LogP contribution in [0.15, 0.2) is 24.3 Å². The molecule has 56 heavy (non-hydrogen) atoms. The van der Waals surface area contributed by atoms with Crippen molar-refractivity contribution >= 4 is 19.8 Å². The van der Waals surface area contributed by atoms with Crippen molar-refractivity contribution in [3.05, 3.63) is 24.3 Å². The van der Waals surface area contributed by atoms with E-state index in [2.05, 4.69) is 30.5 Å². The molecule has 0 bridgehead atoms. The van der Waals surface area contributed by atoms with Gasteiger partial charge in [0.1, 0.15) is 12.7 Å². The van der Waals surface area contributed by atoms with Crippen LogP contribution in [0, 0.1) is 0 Å². The van der Waals surface area contributed by atoms with Crippen molar-refractivity contribution in [1.82, 2.24) is 0 Å². The number of unbranched alkanes of at least 4 members (excludes halogenated alkanes) is 25. The predicted molar refractivity (Wildman–Crippen MR) is 228 cm³/mol. The number of rotatable bonds is 43. The van der Waals surface area contributed by atoms with E-state index in [1.54, 1.807) is 0 Å². The minimum absolute atomic E-state index is 0.0812. The molecule has 330 valence electrons. The summed E-state index contributed by atoms with van der Waals surface area (Å²) in [7, 11) is -4.63. The standard InChI is InChI=1S/C45H85O10P/c1-3-5-7-9-11-13-15-17-18-19-20-21-22-23-25-26-28-30-32-34-36-44(48)52-40-43(41-54-56(50,51)53-39-42(47)38-46)55-45(49)37-35-33-31-29-27-24-16-14-12-10-8-6-4-2/h24,27,31,33,42-43,46-47H,3-23,25-26,28-30,32,34-41H2,1-2H3,(H,50,51)/b27-24+,33-31+/t42-,43?/m1/s1. The number of hydrogen-bond acceptors (Lipinski definition) is 9. The Balaban J connectivity index is 4.23. The maximum absolute atomic E-state index is 12.6. The Kier molecular flexibility index (Phi) is 40.5. The average Bonchev–Trinajstić information content (AvgIpc) is 3.19. The van der Waals surface area contributed by atoms with Crippen LogP contribution in [0.25, 0.3) is 0 Å². The van der Waals surface area contributed by atoms with E-state index in [-0.39, 0.29) is 19.4 Å². The molecule has 11 heteroatoms. The zero-order chi connectivity index (χ0) is 41.2. The lowest BCUT2D eigenvalue weighted by Crippen LogP contribution is -2.29. The third-order valence-corrected chi connectivity index (χ3v) is 10.8. The second-order valence-electron chi connectivity index (χ2n) is 15.4. The highest BCUT2D eigenvalue weighted by atomic mass is 31.2. The van der Waals surface area contributed by atoms with Crippen molar-refractivity contribution in [2.75, 3.05) is 26.4 Å². The van der Waals surface area contributed by atoms with E-state index >= 15 is 0 Å². The predicted octanol–water partition coefficient (Wildman–Crippen LogP) is 12.2. The van der Waals surface area contributed by atoms with Crippen LogP contribution in [-0.2, 0) is 32.7 Å². The van der Waals surface area contributed by atoms with Crippen LogP contribution < -0.4 is 0 Å². The number of phosphoric ester groups is 1. The van der Waals surface area contributed by atoms with Crippen molar-refractivity contribution in [1.29, 1.82) is 0 Å². The molecule has 0 radical (unpaired) electrons. The molecule has 0 aliphatic carbocycles. The SMILES string of the molecule is CCCCCCCC/C=C/C/C=C/CCC(=O)OC(COC(=O)CCCCCCCCCCCCCCCCCCCCCC)COP(=O)(O)OC[C@H](O)CO. The molecule has 0 aromatic rings. The minimum atomic E-state index is -4.63. The molecule has 0 aliphatic heterocycles. The van der Waals surface area contributed by atoms with E-state index in [0.29, 0.717) is 12.8 Å². The molecule has 0 rings (SSSR count). The summed E-state index contributed by atoms with van der Waals surface area (Å²) in [5.74, 6) is -0.994. The van der Waals surface area contributed by atoms with Gasteiger partial charge in [-0.2, -0.15) is 0 Å². The van der Waals surface area contributed by atoms with Gasteiger partial charge in [-0.1, -0.05) is 192 Å². The molecule has 0 saturated heterocycles. The van der Waals surface area contributed by atoms with Crippen molar-refractivity contribution in [3.8, 4) is 0 Å². The van der Waals surface area contributed by atoms with E-state index in [1.165, 1.54) is 141 Å². The number of ether oxygens (including phenoxy) is 2. The first-order chi connectivity index (χ1) is 27.2. The van der Waals surface area contributed by atoms with Gasteiger partial charge in [0.15, 0.2) is 6.10 Å². The molecule has 0 aromatic carbocycles. The van der Waals surface area contributed by atoms with Gasteiger partial charge in [-0.3, -0.25) is 18.6 Å². The summed E-state index contributed by atoms with van der Waals surface area (Å²) in [5, 5.41) is 18.3. The fourth-order valence-electron chi connectivity index (χ4n) is 6.34. The van der Waals surface area contributed by atoms with Gasteiger partial charge in [0.25, 0.3) is 0 Å².